The average Bonchev–Trinajstić information content (AvgIpc) is 3.07. The van der Waals surface area contributed by atoms with Crippen LogP contribution >= 0.6 is 35.0 Å². The van der Waals surface area contributed by atoms with Gasteiger partial charge in [0.2, 0.25) is 0 Å². The summed E-state index contributed by atoms with van der Waals surface area (Å²) < 4.78 is 18.8. The number of likely N-dealkylation sites (N-methyl/N-ethyl adjacent to an activating group) is 1. The minimum atomic E-state index is -1.03. The van der Waals surface area contributed by atoms with E-state index in [1.54, 1.807) is 49.5 Å². The molecule has 10 heteroatoms. The standard InChI is InChI=1S/C25H17Cl2FN2O4S/c1-30-23(31)21(35-25(30)29-18-8-4-16(5-9-18)24(32)33)12-15-10-19(26)22(20(27)11-15)34-13-14-2-6-17(28)7-3-14/h2-12H,13H2,1H3,(H,32,33). The fourth-order valence-corrected chi connectivity index (χ4v) is 4.73. The zero-order chi connectivity index (χ0) is 25.1. The number of amidine groups is 1. The Kier molecular flexibility index (Phi) is 7.45. The molecule has 0 spiro atoms. The van der Waals surface area contributed by atoms with Gasteiger partial charge in [-0.25, -0.2) is 14.2 Å². The van der Waals surface area contributed by atoms with Gasteiger partial charge in [-0.05, 0) is 77.5 Å². The van der Waals surface area contributed by atoms with Gasteiger partial charge in [0.15, 0.2) is 10.9 Å². The van der Waals surface area contributed by atoms with E-state index in [1.807, 2.05) is 0 Å². The van der Waals surface area contributed by atoms with E-state index in [2.05, 4.69) is 4.99 Å². The molecule has 0 aromatic heterocycles. The van der Waals surface area contributed by atoms with E-state index in [0.717, 1.165) is 5.56 Å². The lowest BCUT2D eigenvalue weighted by Gasteiger charge is -2.11. The van der Waals surface area contributed by atoms with Crippen molar-refractivity contribution in [2.75, 3.05) is 7.05 Å². The molecule has 178 valence electrons. The number of nitrogens with zero attached hydrogens (tertiary/aromatic N) is 2. The van der Waals surface area contributed by atoms with Crippen molar-refractivity contribution >= 4 is 63.8 Å². The SMILES string of the molecule is CN1C(=O)C(=Cc2cc(Cl)c(OCc3ccc(F)cc3)c(Cl)c2)SC1=Nc1ccc(C(=O)O)cc1. The maximum Gasteiger partial charge on any atom is 0.335 e. The molecule has 0 aliphatic carbocycles. The number of carboxylic acid groups (broad SMARTS) is 1. The number of aromatic carboxylic acids is 1. The minimum Gasteiger partial charge on any atom is -0.486 e. The molecule has 3 aromatic carbocycles. The van der Waals surface area contributed by atoms with Gasteiger partial charge in [0.05, 0.1) is 26.2 Å². The molecule has 1 N–H and O–H groups in total. The Balaban J connectivity index is 1.52. The van der Waals surface area contributed by atoms with Crippen LogP contribution in [0.15, 0.2) is 70.6 Å². The summed E-state index contributed by atoms with van der Waals surface area (Å²) in [7, 11) is 1.60. The summed E-state index contributed by atoms with van der Waals surface area (Å²) >= 11 is 13.9. The topological polar surface area (TPSA) is 79.2 Å². The number of rotatable bonds is 6. The molecule has 1 aliphatic rings. The van der Waals surface area contributed by atoms with Crippen LogP contribution < -0.4 is 4.74 Å². The number of hydrogen-bond acceptors (Lipinski definition) is 5. The van der Waals surface area contributed by atoms with Crippen molar-refractivity contribution in [3.8, 4) is 5.75 Å². The van der Waals surface area contributed by atoms with Crippen molar-refractivity contribution < 1.29 is 23.8 Å². The van der Waals surface area contributed by atoms with Gasteiger partial charge in [-0.2, -0.15) is 0 Å². The van der Waals surface area contributed by atoms with Crippen LogP contribution in [0.2, 0.25) is 10.0 Å². The third-order valence-corrected chi connectivity index (χ3v) is 6.58. The van der Waals surface area contributed by atoms with Gasteiger partial charge in [-0.15, -0.1) is 0 Å². The van der Waals surface area contributed by atoms with Gasteiger partial charge >= 0.3 is 5.97 Å². The number of hydrogen-bond donors (Lipinski definition) is 1. The van der Waals surface area contributed by atoms with Crippen LogP contribution in [0.5, 0.6) is 5.75 Å². The molecule has 4 rings (SSSR count). The Morgan fingerprint density at radius 3 is 2.34 bits per heavy atom. The third-order valence-electron chi connectivity index (χ3n) is 4.96. The highest BCUT2D eigenvalue weighted by molar-refractivity contribution is 8.18. The predicted octanol–water partition coefficient (Wildman–Crippen LogP) is 6.64. The van der Waals surface area contributed by atoms with E-state index < -0.39 is 5.97 Å². The quantitative estimate of drug-likeness (QED) is 0.361. The molecule has 1 aliphatic heterocycles. The van der Waals surface area contributed by atoms with Crippen molar-refractivity contribution in [2.24, 2.45) is 4.99 Å². The second kappa shape index (κ2) is 10.5. The van der Waals surface area contributed by atoms with Crippen LogP contribution in [0.1, 0.15) is 21.5 Å². The van der Waals surface area contributed by atoms with Crippen LogP contribution in [-0.2, 0) is 11.4 Å². The second-order valence-corrected chi connectivity index (χ2v) is 9.27. The Morgan fingerprint density at radius 1 is 1.11 bits per heavy atom. The molecule has 6 nitrogen and oxygen atoms in total. The summed E-state index contributed by atoms with van der Waals surface area (Å²) in [6.45, 7) is 0.159. The van der Waals surface area contributed by atoms with Gasteiger partial charge in [-0.1, -0.05) is 35.3 Å². The van der Waals surface area contributed by atoms with E-state index in [9.17, 15) is 14.0 Å². The second-order valence-electron chi connectivity index (χ2n) is 7.45. The molecule has 0 unspecified atom stereocenters. The first-order valence-electron chi connectivity index (χ1n) is 10.2. The zero-order valence-corrected chi connectivity index (χ0v) is 20.5. The fraction of sp³-hybridized carbons (Fsp3) is 0.0800. The van der Waals surface area contributed by atoms with Gasteiger partial charge in [0.1, 0.15) is 12.4 Å². The minimum absolute atomic E-state index is 0.150. The first-order chi connectivity index (χ1) is 16.7. The molecule has 1 amide bonds. The Hall–Kier alpha value is -3.33. The molecule has 0 bridgehead atoms. The molecule has 0 saturated carbocycles. The predicted molar refractivity (Wildman–Crippen MR) is 136 cm³/mol. The molecule has 1 heterocycles. The maximum absolute atomic E-state index is 13.1. The van der Waals surface area contributed by atoms with Crippen molar-refractivity contribution in [3.05, 3.63) is 98.1 Å². The molecular formula is C25H17Cl2FN2O4S. The Labute approximate surface area is 214 Å². The summed E-state index contributed by atoms with van der Waals surface area (Å²) in [6, 6.07) is 15.2. The molecule has 1 fully saturated rings. The maximum atomic E-state index is 13.1. The molecule has 3 aromatic rings. The number of halogens is 3. The summed E-state index contributed by atoms with van der Waals surface area (Å²) in [5.74, 6) is -1.33. The van der Waals surface area contributed by atoms with E-state index in [0.29, 0.717) is 21.3 Å². The van der Waals surface area contributed by atoms with Crippen molar-refractivity contribution in [1.82, 2.24) is 4.90 Å². The molecule has 0 atom stereocenters. The normalized spacial score (nSPS) is 15.8. The van der Waals surface area contributed by atoms with Crippen LogP contribution in [0.4, 0.5) is 10.1 Å². The van der Waals surface area contributed by atoms with Crippen LogP contribution in [-0.4, -0.2) is 34.1 Å². The van der Waals surface area contributed by atoms with Crippen molar-refractivity contribution in [2.45, 2.75) is 6.61 Å². The third kappa shape index (κ3) is 5.85. The summed E-state index contributed by atoms with van der Waals surface area (Å²) in [5.41, 5.74) is 2.03. The van der Waals surface area contributed by atoms with Crippen LogP contribution in [0, 0.1) is 5.82 Å². The number of amides is 1. The highest BCUT2D eigenvalue weighted by atomic mass is 35.5. The van der Waals surface area contributed by atoms with E-state index in [1.165, 1.54) is 40.9 Å². The lowest BCUT2D eigenvalue weighted by Crippen LogP contribution is -2.23. The van der Waals surface area contributed by atoms with E-state index in [-0.39, 0.29) is 39.7 Å². The van der Waals surface area contributed by atoms with Gasteiger partial charge < -0.3 is 9.84 Å². The van der Waals surface area contributed by atoms with Gasteiger partial charge in [-0.3, -0.25) is 9.69 Å². The summed E-state index contributed by atoms with van der Waals surface area (Å²) in [4.78, 5) is 30.0. The lowest BCUT2D eigenvalue weighted by molar-refractivity contribution is -0.121. The van der Waals surface area contributed by atoms with Crippen LogP contribution in [0.3, 0.4) is 0 Å². The Bertz CT molecular complexity index is 1340. The first kappa shape index (κ1) is 24.8. The zero-order valence-electron chi connectivity index (χ0n) is 18.2. The number of carbonyl (C=O) groups excluding carboxylic acids is 1. The number of thioether (sulfide) groups is 1. The van der Waals surface area contributed by atoms with Crippen molar-refractivity contribution in [1.29, 1.82) is 0 Å². The fourth-order valence-electron chi connectivity index (χ4n) is 3.13. The first-order valence-corrected chi connectivity index (χ1v) is 11.7. The monoisotopic (exact) mass is 530 g/mol. The van der Waals surface area contributed by atoms with Crippen molar-refractivity contribution in [3.63, 3.8) is 0 Å². The smallest absolute Gasteiger partial charge is 0.335 e. The van der Waals surface area contributed by atoms with Gasteiger partial charge in [0.25, 0.3) is 5.91 Å². The summed E-state index contributed by atoms with van der Waals surface area (Å²) in [5, 5.41) is 10.00. The van der Waals surface area contributed by atoms with Crippen LogP contribution in [0.25, 0.3) is 6.08 Å². The number of ether oxygens (including phenoxy) is 1. The largest absolute Gasteiger partial charge is 0.486 e. The van der Waals surface area contributed by atoms with E-state index in [4.69, 9.17) is 33.0 Å². The number of carboxylic acids is 1. The molecular weight excluding hydrogens is 514 g/mol. The Morgan fingerprint density at radius 2 is 1.74 bits per heavy atom. The highest BCUT2D eigenvalue weighted by Gasteiger charge is 2.30. The van der Waals surface area contributed by atoms with Gasteiger partial charge in [0, 0.05) is 7.05 Å². The number of benzene rings is 3. The highest BCUT2D eigenvalue weighted by Crippen LogP contribution is 2.38. The number of aliphatic imine (C=N–C) groups is 1. The molecule has 0 radical (unpaired) electrons. The number of carbonyl (C=O) groups is 2. The molecule has 1 saturated heterocycles. The lowest BCUT2D eigenvalue weighted by atomic mass is 10.2. The molecule has 35 heavy (non-hydrogen) atoms. The average molecular weight is 531 g/mol. The summed E-state index contributed by atoms with van der Waals surface area (Å²) in [6.07, 6.45) is 1.65. The van der Waals surface area contributed by atoms with E-state index >= 15 is 0 Å².